The van der Waals surface area contributed by atoms with Crippen molar-refractivity contribution in [3.8, 4) is 6.07 Å². The van der Waals surface area contributed by atoms with Crippen LogP contribution in [0.15, 0.2) is 29.1 Å². The van der Waals surface area contributed by atoms with Crippen LogP contribution in [0.25, 0.3) is 10.2 Å². The summed E-state index contributed by atoms with van der Waals surface area (Å²) in [6.07, 6.45) is 4.16. The lowest BCUT2D eigenvalue weighted by Gasteiger charge is -2.09. The molecule has 130 valence electrons. The number of carbonyl (C=O) groups is 1. The Labute approximate surface area is 153 Å². The van der Waals surface area contributed by atoms with Crippen LogP contribution in [0, 0.1) is 11.3 Å². The number of aromatic nitrogens is 2. The lowest BCUT2D eigenvalue weighted by Crippen LogP contribution is -2.15. The van der Waals surface area contributed by atoms with Crippen LogP contribution < -0.4 is 5.56 Å². The molecule has 0 spiro atoms. The molecule has 0 radical (unpaired) electrons. The Morgan fingerprint density at radius 3 is 3.04 bits per heavy atom. The Morgan fingerprint density at radius 2 is 2.19 bits per heavy atom. The van der Waals surface area contributed by atoms with Crippen molar-refractivity contribution in [1.82, 2.24) is 9.97 Å². The number of rotatable bonds is 3. The number of nitriles is 1. The summed E-state index contributed by atoms with van der Waals surface area (Å²) in [7, 11) is 0. The lowest BCUT2D eigenvalue weighted by atomic mass is 9.97. The highest BCUT2D eigenvalue weighted by Gasteiger charge is 2.20. The smallest absolute Gasteiger partial charge is 0.338 e. The third-order valence-corrected chi connectivity index (χ3v) is 5.63. The Morgan fingerprint density at radius 1 is 1.35 bits per heavy atom. The third-order valence-electron chi connectivity index (χ3n) is 4.44. The zero-order chi connectivity index (χ0) is 18.1. The standard InChI is InChI=1S/C19H15N3O3S/c20-9-11-4-3-5-12(8-11)19(24)25-10-15-21-17(23)16-13-6-1-2-7-14(13)26-18(16)22-15/h3-5,8H,1-2,6-7,10H2,(H,21,22,23). The first kappa shape index (κ1) is 16.5. The number of aromatic amines is 1. The van der Waals surface area contributed by atoms with E-state index in [1.807, 2.05) is 6.07 Å². The highest BCUT2D eigenvalue weighted by Crippen LogP contribution is 2.33. The van der Waals surface area contributed by atoms with Gasteiger partial charge in [0.1, 0.15) is 17.3 Å². The largest absolute Gasteiger partial charge is 0.454 e. The Bertz CT molecular complexity index is 1110. The Balaban J connectivity index is 1.57. The fraction of sp³-hybridized carbons (Fsp3) is 0.263. The average Bonchev–Trinajstić information content (AvgIpc) is 3.05. The van der Waals surface area contributed by atoms with Gasteiger partial charge in [-0.3, -0.25) is 4.79 Å². The topological polar surface area (TPSA) is 95.8 Å². The van der Waals surface area contributed by atoms with Gasteiger partial charge in [0.25, 0.3) is 5.56 Å². The van der Waals surface area contributed by atoms with Gasteiger partial charge in [0.2, 0.25) is 0 Å². The predicted octanol–water partition coefficient (Wildman–Crippen LogP) is 3.09. The SMILES string of the molecule is N#Cc1cccc(C(=O)OCc2nc3sc4c(c3c(=O)[nH]2)CCCC4)c1. The van der Waals surface area contributed by atoms with Crippen molar-refractivity contribution in [1.29, 1.82) is 5.26 Å². The average molecular weight is 365 g/mol. The summed E-state index contributed by atoms with van der Waals surface area (Å²) in [6.45, 7) is -0.122. The maximum Gasteiger partial charge on any atom is 0.338 e. The predicted molar refractivity (Wildman–Crippen MR) is 97.2 cm³/mol. The number of aryl methyl sites for hydroxylation is 2. The van der Waals surface area contributed by atoms with Crippen molar-refractivity contribution in [3.05, 3.63) is 62.0 Å². The molecule has 1 N–H and O–H groups in total. The van der Waals surface area contributed by atoms with Crippen LogP contribution >= 0.6 is 11.3 Å². The van der Waals surface area contributed by atoms with Gasteiger partial charge in [-0.1, -0.05) is 6.07 Å². The Hall–Kier alpha value is -2.98. The van der Waals surface area contributed by atoms with Crippen LogP contribution in [0.5, 0.6) is 0 Å². The summed E-state index contributed by atoms with van der Waals surface area (Å²) in [5.41, 5.74) is 1.63. The molecule has 0 amide bonds. The van der Waals surface area contributed by atoms with Gasteiger partial charge >= 0.3 is 5.97 Å². The molecule has 6 nitrogen and oxygen atoms in total. The van der Waals surface area contributed by atoms with Gasteiger partial charge < -0.3 is 9.72 Å². The summed E-state index contributed by atoms with van der Waals surface area (Å²) in [5, 5.41) is 9.58. The number of carbonyl (C=O) groups excluding carboxylic acids is 1. The zero-order valence-corrected chi connectivity index (χ0v) is 14.7. The monoisotopic (exact) mass is 365 g/mol. The van der Waals surface area contributed by atoms with Gasteiger partial charge in [-0.15, -0.1) is 11.3 Å². The molecule has 4 rings (SSSR count). The van der Waals surface area contributed by atoms with Crippen LogP contribution in [0.3, 0.4) is 0 Å². The van der Waals surface area contributed by atoms with Gasteiger partial charge in [0.05, 0.1) is 22.6 Å². The number of hydrogen-bond donors (Lipinski definition) is 1. The van der Waals surface area contributed by atoms with Crippen molar-refractivity contribution < 1.29 is 9.53 Å². The quantitative estimate of drug-likeness (QED) is 0.720. The molecule has 0 saturated heterocycles. The van der Waals surface area contributed by atoms with Gasteiger partial charge in [0.15, 0.2) is 0 Å². The second-order valence-corrected chi connectivity index (χ2v) is 7.26. The number of nitrogens with one attached hydrogen (secondary N) is 1. The molecule has 0 saturated carbocycles. The van der Waals surface area contributed by atoms with Crippen LogP contribution in [0.1, 0.15) is 45.0 Å². The number of H-pyrrole nitrogens is 1. The second-order valence-electron chi connectivity index (χ2n) is 6.17. The molecule has 3 aromatic rings. The zero-order valence-electron chi connectivity index (χ0n) is 13.9. The molecule has 2 aromatic heterocycles. The van der Waals surface area contributed by atoms with E-state index in [4.69, 9.17) is 10.00 Å². The second kappa shape index (κ2) is 6.73. The van der Waals surface area contributed by atoms with Gasteiger partial charge in [-0.2, -0.15) is 5.26 Å². The van der Waals surface area contributed by atoms with E-state index in [1.54, 1.807) is 29.5 Å². The summed E-state index contributed by atoms with van der Waals surface area (Å²) in [6, 6.07) is 8.26. The molecule has 1 aliphatic rings. The van der Waals surface area contributed by atoms with E-state index in [9.17, 15) is 9.59 Å². The van der Waals surface area contributed by atoms with Crippen molar-refractivity contribution in [3.63, 3.8) is 0 Å². The van der Waals surface area contributed by atoms with Crippen molar-refractivity contribution in [2.24, 2.45) is 0 Å². The first-order chi connectivity index (χ1) is 12.7. The van der Waals surface area contributed by atoms with Gasteiger partial charge in [-0.05, 0) is 49.4 Å². The van der Waals surface area contributed by atoms with E-state index in [1.165, 1.54) is 10.9 Å². The molecular weight excluding hydrogens is 350 g/mol. The van der Waals surface area contributed by atoms with Gasteiger partial charge in [-0.25, -0.2) is 9.78 Å². The molecule has 0 atom stereocenters. The molecule has 7 heteroatoms. The molecule has 0 unspecified atom stereocenters. The van der Waals surface area contributed by atoms with E-state index in [0.717, 1.165) is 31.2 Å². The lowest BCUT2D eigenvalue weighted by molar-refractivity contribution is 0.0462. The summed E-state index contributed by atoms with van der Waals surface area (Å²) in [5.74, 6) is -0.235. The van der Waals surface area contributed by atoms with E-state index in [-0.39, 0.29) is 12.2 Å². The molecule has 2 heterocycles. The normalized spacial score (nSPS) is 13.2. The van der Waals surface area contributed by atoms with Crippen LogP contribution in [-0.4, -0.2) is 15.9 Å². The number of nitrogens with zero attached hydrogens (tertiary/aromatic N) is 2. The molecular formula is C19H15N3O3S. The maximum absolute atomic E-state index is 12.5. The fourth-order valence-electron chi connectivity index (χ4n) is 3.21. The molecule has 1 aromatic carbocycles. The number of benzene rings is 1. The first-order valence-electron chi connectivity index (χ1n) is 8.36. The number of ether oxygens (including phenoxy) is 1. The van der Waals surface area contributed by atoms with Crippen molar-refractivity contribution >= 4 is 27.5 Å². The summed E-state index contributed by atoms with van der Waals surface area (Å²) < 4.78 is 5.24. The molecule has 1 aliphatic carbocycles. The van der Waals surface area contributed by atoms with E-state index < -0.39 is 5.97 Å². The molecule has 0 fully saturated rings. The minimum absolute atomic E-state index is 0.122. The third kappa shape index (κ3) is 3.00. The van der Waals surface area contributed by atoms with Crippen LogP contribution in [0.2, 0.25) is 0 Å². The first-order valence-corrected chi connectivity index (χ1v) is 9.18. The highest BCUT2D eigenvalue weighted by molar-refractivity contribution is 7.18. The highest BCUT2D eigenvalue weighted by atomic mass is 32.1. The number of hydrogen-bond acceptors (Lipinski definition) is 6. The number of esters is 1. The minimum atomic E-state index is -0.560. The van der Waals surface area contributed by atoms with Gasteiger partial charge in [0, 0.05) is 4.88 Å². The molecule has 26 heavy (non-hydrogen) atoms. The maximum atomic E-state index is 12.5. The summed E-state index contributed by atoms with van der Waals surface area (Å²) in [4.78, 5) is 33.8. The fourth-order valence-corrected chi connectivity index (χ4v) is 4.49. The van der Waals surface area contributed by atoms with Crippen molar-refractivity contribution in [2.45, 2.75) is 32.3 Å². The van der Waals surface area contributed by atoms with Crippen LogP contribution in [-0.2, 0) is 24.2 Å². The number of fused-ring (bicyclic) bond motifs is 3. The molecule has 0 aliphatic heterocycles. The van der Waals surface area contributed by atoms with E-state index in [0.29, 0.717) is 27.2 Å². The minimum Gasteiger partial charge on any atom is -0.454 e. The van der Waals surface area contributed by atoms with Crippen molar-refractivity contribution in [2.75, 3.05) is 0 Å². The van der Waals surface area contributed by atoms with Crippen LogP contribution in [0.4, 0.5) is 0 Å². The Kier molecular flexibility index (Phi) is 4.27. The van der Waals surface area contributed by atoms with E-state index >= 15 is 0 Å². The molecule has 0 bridgehead atoms. The van der Waals surface area contributed by atoms with E-state index in [2.05, 4.69) is 9.97 Å². The number of thiophene rings is 1. The summed E-state index contributed by atoms with van der Waals surface area (Å²) >= 11 is 1.56.